The van der Waals surface area contributed by atoms with Gasteiger partial charge in [-0.25, -0.2) is 4.79 Å². The Morgan fingerprint density at radius 3 is 2.53 bits per heavy atom. The second-order valence-corrected chi connectivity index (χ2v) is 5.59. The Hall–Kier alpha value is -1.29. The van der Waals surface area contributed by atoms with E-state index in [0.717, 1.165) is 5.76 Å². The van der Waals surface area contributed by atoms with E-state index in [2.05, 4.69) is 11.9 Å². The molecular weight excluding hydrogens is 242 g/mol. The van der Waals surface area contributed by atoms with E-state index in [1.54, 1.807) is 6.92 Å². The number of furan rings is 1. The summed E-state index contributed by atoms with van der Waals surface area (Å²) >= 11 is 0. The van der Waals surface area contributed by atoms with E-state index in [1.807, 2.05) is 6.07 Å². The molecule has 4 heteroatoms. The van der Waals surface area contributed by atoms with Crippen molar-refractivity contribution >= 4 is 5.97 Å². The second kappa shape index (κ2) is 6.24. The summed E-state index contributed by atoms with van der Waals surface area (Å²) in [7, 11) is 2.11. The van der Waals surface area contributed by atoms with E-state index in [4.69, 9.17) is 9.52 Å². The van der Waals surface area contributed by atoms with Crippen molar-refractivity contribution in [3.05, 3.63) is 23.2 Å². The molecule has 1 fully saturated rings. The molecule has 106 valence electrons. The van der Waals surface area contributed by atoms with E-state index in [0.29, 0.717) is 18.2 Å². The Balaban J connectivity index is 1.99. The lowest BCUT2D eigenvalue weighted by molar-refractivity contribution is 0.0656. The Labute approximate surface area is 114 Å². The van der Waals surface area contributed by atoms with Gasteiger partial charge in [-0.15, -0.1) is 0 Å². The van der Waals surface area contributed by atoms with Crippen molar-refractivity contribution in [2.45, 2.75) is 58.0 Å². The maximum atomic E-state index is 11.0. The van der Waals surface area contributed by atoms with Crippen LogP contribution in [0.4, 0.5) is 0 Å². The molecule has 1 heterocycles. The van der Waals surface area contributed by atoms with Crippen LogP contribution in [0, 0.1) is 6.92 Å². The van der Waals surface area contributed by atoms with E-state index in [1.165, 1.54) is 38.5 Å². The number of rotatable bonds is 4. The highest BCUT2D eigenvalue weighted by Gasteiger charge is 2.20. The van der Waals surface area contributed by atoms with Crippen LogP contribution in [-0.2, 0) is 6.54 Å². The minimum absolute atomic E-state index is 0.0734. The average molecular weight is 265 g/mol. The van der Waals surface area contributed by atoms with Gasteiger partial charge in [0, 0.05) is 11.6 Å². The summed E-state index contributed by atoms with van der Waals surface area (Å²) in [4.78, 5) is 13.3. The quantitative estimate of drug-likeness (QED) is 0.847. The van der Waals surface area contributed by atoms with E-state index in [9.17, 15) is 4.79 Å². The van der Waals surface area contributed by atoms with Crippen molar-refractivity contribution in [2.24, 2.45) is 0 Å². The molecule has 1 saturated carbocycles. The van der Waals surface area contributed by atoms with Crippen LogP contribution in [0.15, 0.2) is 10.5 Å². The fourth-order valence-electron chi connectivity index (χ4n) is 2.91. The molecule has 0 saturated heterocycles. The summed E-state index contributed by atoms with van der Waals surface area (Å²) in [6, 6.07) is 2.44. The lowest BCUT2D eigenvalue weighted by atomic mass is 10.1. The largest absolute Gasteiger partial charge is 0.475 e. The van der Waals surface area contributed by atoms with Gasteiger partial charge in [0.15, 0.2) is 0 Å². The Bertz CT molecular complexity index is 431. The zero-order valence-corrected chi connectivity index (χ0v) is 11.8. The number of carbonyl (C=O) groups is 1. The number of nitrogens with zero attached hydrogens (tertiary/aromatic N) is 1. The van der Waals surface area contributed by atoms with E-state index >= 15 is 0 Å². The summed E-state index contributed by atoms with van der Waals surface area (Å²) in [5.74, 6) is -0.160. The summed E-state index contributed by atoms with van der Waals surface area (Å²) < 4.78 is 5.43. The molecule has 0 aliphatic heterocycles. The van der Waals surface area contributed by atoms with E-state index in [-0.39, 0.29) is 5.76 Å². The van der Waals surface area contributed by atoms with Gasteiger partial charge in [0.2, 0.25) is 5.76 Å². The first kappa shape index (κ1) is 14.1. The van der Waals surface area contributed by atoms with Crippen molar-refractivity contribution in [3.8, 4) is 0 Å². The third kappa shape index (κ3) is 3.60. The standard InChI is InChI=1S/C15H23NO3/c1-11-9-13(19-14(11)15(17)18)10-16(2)12-7-5-3-4-6-8-12/h9,12H,3-8,10H2,1-2H3,(H,17,18). The number of hydrogen-bond acceptors (Lipinski definition) is 3. The Morgan fingerprint density at radius 1 is 1.37 bits per heavy atom. The minimum Gasteiger partial charge on any atom is -0.475 e. The fraction of sp³-hybridized carbons (Fsp3) is 0.667. The topological polar surface area (TPSA) is 53.7 Å². The van der Waals surface area contributed by atoms with Gasteiger partial charge in [0.25, 0.3) is 0 Å². The summed E-state index contributed by atoms with van der Waals surface area (Å²) in [6.07, 6.45) is 7.75. The van der Waals surface area contributed by atoms with E-state index < -0.39 is 5.97 Å². The normalized spacial score (nSPS) is 17.6. The second-order valence-electron chi connectivity index (χ2n) is 5.59. The first-order valence-electron chi connectivity index (χ1n) is 7.11. The van der Waals surface area contributed by atoms with Crippen LogP contribution in [-0.4, -0.2) is 29.1 Å². The van der Waals surface area contributed by atoms with Crippen molar-refractivity contribution in [3.63, 3.8) is 0 Å². The highest BCUT2D eigenvalue weighted by Crippen LogP contribution is 2.23. The molecule has 1 aliphatic rings. The fourth-order valence-corrected chi connectivity index (χ4v) is 2.91. The molecule has 0 radical (unpaired) electrons. The molecule has 2 rings (SSSR count). The van der Waals surface area contributed by atoms with Gasteiger partial charge in [-0.05, 0) is 32.9 Å². The maximum absolute atomic E-state index is 11.0. The predicted molar refractivity (Wildman–Crippen MR) is 73.4 cm³/mol. The molecule has 1 aromatic heterocycles. The third-order valence-corrected chi connectivity index (χ3v) is 4.02. The van der Waals surface area contributed by atoms with Gasteiger partial charge in [-0.1, -0.05) is 25.7 Å². The summed E-state index contributed by atoms with van der Waals surface area (Å²) in [6.45, 7) is 2.47. The molecule has 0 amide bonds. The van der Waals surface area contributed by atoms with Gasteiger partial charge in [-0.3, -0.25) is 4.90 Å². The number of carboxylic acid groups (broad SMARTS) is 1. The van der Waals surface area contributed by atoms with Crippen molar-refractivity contribution in [2.75, 3.05) is 7.05 Å². The van der Waals surface area contributed by atoms with Crippen LogP contribution in [0.1, 0.15) is 60.4 Å². The van der Waals surface area contributed by atoms with Crippen LogP contribution in [0.25, 0.3) is 0 Å². The van der Waals surface area contributed by atoms with Gasteiger partial charge in [0.1, 0.15) is 5.76 Å². The first-order chi connectivity index (χ1) is 9.08. The molecule has 19 heavy (non-hydrogen) atoms. The molecule has 0 atom stereocenters. The van der Waals surface area contributed by atoms with Crippen molar-refractivity contribution in [1.29, 1.82) is 0 Å². The predicted octanol–water partition coefficient (Wildman–Crippen LogP) is 3.44. The highest BCUT2D eigenvalue weighted by molar-refractivity contribution is 5.86. The van der Waals surface area contributed by atoms with Gasteiger partial charge in [0.05, 0.1) is 6.54 Å². The minimum atomic E-state index is -0.985. The van der Waals surface area contributed by atoms with Crippen LogP contribution in [0.3, 0.4) is 0 Å². The van der Waals surface area contributed by atoms with Gasteiger partial charge >= 0.3 is 5.97 Å². The number of aromatic carboxylic acids is 1. The number of carboxylic acids is 1. The monoisotopic (exact) mass is 265 g/mol. The molecule has 0 spiro atoms. The van der Waals surface area contributed by atoms with Crippen molar-refractivity contribution < 1.29 is 14.3 Å². The molecule has 0 aromatic carbocycles. The zero-order chi connectivity index (χ0) is 13.8. The van der Waals surface area contributed by atoms with Crippen LogP contribution in [0.5, 0.6) is 0 Å². The van der Waals surface area contributed by atoms with Crippen LogP contribution in [0.2, 0.25) is 0 Å². The van der Waals surface area contributed by atoms with Crippen LogP contribution < -0.4 is 0 Å². The molecule has 1 N–H and O–H groups in total. The number of hydrogen-bond donors (Lipinski definition) is 1. The molecule has 4 nitrogen and oxygen atoms in total. The lowest BCUT2D eigenvalue weighted by Crippen LogP contribution is -2.30. The smallest absolute Gasteiger partial charge is 0.372 e. The van der Waals surface area contributed by atoms with Crippen LogP contribution >= 0.6 is 0 Å². The lowest BCUT2D eigenvalue weighted by Gasteiger charge is -2.26. The van der Waals surface area contributed by atoms with Gasteiger partial charge < -0.3 is 9.52 Å². The Morgan fingerprint density at radius 2 is 2.00 bits per heavy atom. The average Bonchev–Trinajstić information content (AvgIpc) is 2.58. The maximum Gasteiger partial charge on any atom is 0.372 e. The molecule has 1 aromatic rings. The Kier molecular flexibility index (Phi) is 4.64. The van der Waals surface area contributed by atoms with Gasteiger partial charge in [-0.2, -0.15) is 0 Å². The highest BCUT2D eigenvalue weighted by atomic mass is 16.4. The zero-order valence-electron chi connectivity index (χ0n) is 11.8. The molecular formula is C15H23NO3. The molecule has 1 aliphatic carbocycles. The molecule has 0 unspecified atom stereocenters. The SMILES string of the molecule is Cc1cc(CN(C)C2CCCCCC2)oc1C(=O)O. The summed E-state index contributed by atoms with van der Waals surface area (Å²) in [5, 5.41) is 8.99. The first-order valence-corrected chi connectivity index (χ1v) is 7.11. The van der Waals surface area contributed by atoms with Crippen molar-refractivity contribution in [1.82, 2.24) is 4.90 Å². The summed E-state index contributed by atoms with van der Waals surface area (Å²) in [5.41, 5.74) is 0.705. The number of aryl methyl sites for hydroxylation is 1. The third-order valence-electron chi connectivity index (χ3n) is 4.02. The molecule has 0 bridgehead atoms.